The van der Waals surface area contributed by atoms with Gasteiger partial charge in [0, 0.05) is 17.3 Å². The van der Waals surface area contributed by atoms with Crippen LogP contribution in [0.3, 0.4) is 0 Å². The number of nitrogen functional groups attached to an aromatic ring is 1. The van der Waals surface area contributed by atoms with Gasteiger partial charge in [0.1, 0.15) is 6.33 Å². The predicted molar refractivity (Wildman–Crippen MR) is 71.3 cm³/mol. The first-order valence-corrected chi connectivity index (χ1v) is 6.22. The number of benzene rings is 1. The molecule has 5 nitrogen and oxygen atoms in total. The van der Waals surface area contributed by atoms with Crippen molar-refractivity contribution < 1.29 is 0 Å². The van der Waals surface area contributed by atoms with E-state index in [1.807, 2.05) is 35.9 Å². The molecule has 0 saturated carbocycles. The molecule has 0 aliphatic rings. The fourth-order valence-corrected chi connectivity index (χ4v) is 2.62. The van der Waals surface area contributed by atoms with E-state index in [0.29, 0.717) is 5.69 Å². The van der Waals surface area contributed by atoms with E-state index in [0.717, 1.165) is 21.0 Å². The first kappa shape index (κ1) is 11.0. The Bertz CT molecular complexity index is 707. The largest absolute Gasteiger partial charge is 0.397 e. The van der Waals surface area contributed by atoms with Crippen molar-refractivity contribution in [1.82, 2.24) is 19.7 Å². The third-order valence-corrected chi connectivity index (χ3v) is 3.83. The second kappa shape index (κ2) is 4.30. The van der Waals surface area contributed by atoms with Crippen LogP contribution in [-0.4, -0.2) is 19.7 Å². The molecule has 2 N–H and O–H groups in total. The summed E-state index contributed by atoms with van der Waals surface area (Å²) in [6, 6.07) is 7.92. The molecule has 6 heteroatoms. The maximum absolute atomic E-state index is 6.01. The molecule has 0 saturated heterocycles. The summed E-state index contributed by atoms with van der Waals surface area (Å²) in [7, 11) is 1.90. The van der Waals surface area contributed by atoms with Crippen molar-refractivity contribution in [3.05, 3.63) is 36.8 Å². The molecule has 0 unspecified atom stereocenters. The molecule has 0 aliphatic carbocycles. The fraction of sp³-hybridized carbons (Fsp3) is 0.0833. The van der Waals surface area contributed by atoms with E-state index in [1.165, 1.54) is 11.8 Å². The van der Waals surface area contributed by atoms with Gasteiger partial charge in [0.05, 0.1) is 17.4 Å². The molecule has 0 radical (unpaired) electrons. The topological polar surface area (TPSA) is 69.6 Å². The van der Waals surface area contributed by atoms with Crippen molar-refractivity contribution in [1.29, 1.82) is 0 Å². The number of hydrogen-bond donors (Lipinski definition) is 1. The first-order valence-electron chi connectivity index (χ1n) is 5.41. The van der Waals surface area contributed by atoms with Gasteiger partial charge in [-0.25, -0.2) is 0 Å². The van der Waals surface area contributed by atoms with E-state index < -0.39 is 0 Å². The minimum Gasteiger partial charge on any atom is -0.397 e. The van der Waals surface area contributed by atoms with Crippen LogP contribution in [0.15, 0.2) is 46.8 Å². The highest BCUT2D eigenvalue weighted by molar-refractivity contribution is 7.99. The van der Waals surface area contributed by atoms with Crippen LogP contribution in [0.2, 0.25) is 0 Å². The Morgan fingerprint density at radius 1 is 1.28 bits per heavy atom. The van der Waals surface area contributed by atoms with Crippen molar-refractivity contribution in [2.45, 2.75) is 10.1 Å². The summed E-state index contributed by atoms with van der Waals surface area (Å²) in [6.07, 6.45) is 3.35. The minimum absolute atomic E-state index is 0.654. The van der Waals surface area contributed by atoms with Crippen molar-refractivity contribution in [3.63, 3.8) is 0 Å². The van der Waals surface area contributed by atoms with Gasteiger partial charge in [0.25, 0.3) is 0 Å². The van der Waals surface area contributed by atoms with E-state index in [2.05, 4.69) is 15.2 Å². The van der Waals surface area contributed by atoms with Crippen molar-refractivity contribution in [2.75, 3.05) is 5.73 Å². The number of pyridine rings is 1. The zero-order valence-electron chi connectivity index (χ0n) is 9.74. The van der Waals surface area contributed by atoms with Gasteiger partial charge in [0.15, 0.2) is 5.16 Å². The van der Waals surface area contributed by atoms with E-state index in [4.69, 9.17) is 5.73 Å². The Morgan fingerprint density at radius 3 is 2.89 bits per heavy atom. The molecule has 3 aromatic rings. The van der Waals surface area contributed by atoms with Crippen LogP contribution in [-0.2, 0) is 7.05 Å². The lowest BCUT2D eigenvalue weighted by Gasteiger charge is -2.08. The molecule has 0 aliphatic heterocycles. The zero-order chi connectivity index (χ0) is 12.5. The smallest absolute Gasteiger partial charge is 0.195 e. The van der Waals surface area contributed by atoms with Crippen LogP contribution in [0.25, 0.3) is 10.9 Å². The fourth-order valence-electron chi connectivity index (χ4n) is 1.70. The van der Waals surface area contributed by atoms with Gasteiger partial charge in [-0.2, -0.15) is 0 Å². The van der Waals surface area contributed by atoms with Gasteiger partial charge in [-0.3, -0.25) is 4.98 Å². The zero-order valence-corrected chi connectivity index (χ0v) is 10.6. The predicted octanol–water partition coefficient (Wildman–Crippen LogP) is 2.10. The summed E-state index contributed by atoms with van der Waals surface area (Å²) in [5.74, 6) is 0. The van der Waals surface area contributed by atoms with Crippen molar-refractivity contribution in [3.8, 4) is 0 Å². The Morgan fingerprint density at radius 2 is 2.11 bits per heavy atom. The van der Waals surface area contributed by atoms with Crippen LogP contribution in [0, 0.1) is 0 Å². The van der Waals surface area contributed by atoms with Gasteiger partial charge >= 0.3 is 0 Å². The summed E-state index contributed by atoms with van der Waals surface area (Å²) in [6.45, 7) is 0. The second-order valence-electron chi connectivity index (χ2n) is 3.89. The van der Waals surface area contributed by atoms with E-state index in [9.17, 15) is 0 Å². The Hall–Kier alpha value is -2.08. The lowest BCUT2D eigenvalue weighted by molar-refractivity contribution is 0.789. The van der Waals surface area contributed by atoms with Crippen LogP contribution in [0.1, 0.15) is 0 Å². The van der Waals surface area contributed by atoms with Gasteiger partial charge < -0.3 is 10.3 Å². The molecule has 1 aromatic carbocycles. The number of rotatable bonds is 2. The SMILES string of the molecule is Cn1cnnc1Sc1c(N)cnc2ccccc12. The number of hydrogen-bond acceptors (Lipinski definition) is 5. The molecular formula is C12H11N5S. The number of nitrogens with zero attached hydrogens (tertiary/aromatic N) is 4. The number of nitrogens with two attached hydrogens (primary N) is 1. The lowest BCUT2D eigenvalue weighted by atomic mass is 10.2. The summed E-state index contributed by atoms with van der Waals surface area (Å²) in [4.78, 5) is 5.28. The van der Waals surface area contributed by atoms with Crippen molar-refractivity contribution in [2.24, 2.45) is 7.05 Å². The molecule has 0 atom stereocenters. The summed E-state index contributed by atoms with van der Waals surface area (Å²) < 4.78 is 1.86. The average molecular weight is 257 g/mol. The number of anilines is 1. The normalized spacial score (nSPS) is 10.9. The van der Waals surface area contributed by atoms with Crippen LogP contribution in [0.4, 0.5) is 5.69 Å². The molecule has 0 amide bonds. The molecule has 0 spiro atoms. The third kappa shape index (κ3) is 1.80. The standard InChI is InChI=1S/C12H11N5S/c1-17-7-15-16-12(17)18-11-8-4-2-3-5-10(8)14-6-9(11)13/h2-7H,13H2,1H3. The van der Waals surface area contributed by atoms with E-state index in [1.54, 1.807) is 12.5 Å². The maximum Gasteiger partial charge on any atom is 0.195 e. The van der Waals surface area contributed by atoms with Gasteiger partial charge in [-0.05, 0) is 17.8 Å². The van der Waals surface area contributed by atoms with Gasteiger partial charge in [-0.15, -0.1) is 10.2 Å². The Kier molecular flexibility index (Phi) is 2.64. The maximum atomic E-state index is 6.01. The molecule has 90 valence electrons. The number of aromatic nitrogens is 4. The van der Waals surface area contributed by atoms with Crippen LogP contribution >= 0.6 is 11.8 Å². The summed E-state index contributed by atoms with van der Waals surface area (Å²) >= 11 is 1.50. The monoisotopic (exact) mass is 257 g/mol. The molecule has 0 fully saturated rings. The highest BCUT2D eigenvalue weighted by Crippen LogP contribution is 2.35. The molecule has 2 aromatic heterocycles. The van der Waals surface area contributed by atoms with Gasteiger partial charge in [0.2, 0.25) is 0 Å². The first-order chi connectivity index (χ1) is 8.75. The summed E-state index contributed by atoms with van der Waals surface area (Å²) in [5.41, 5.74) is 7.59. The number of fused-ring (bicyclic) bond motifs is 1. The van der Waals surface area contributed by atoms with Crippen molar-refractivity contribution >= 4 is 28.4 Å². The number of aryl methyl sites for hydroxylation is 1. The molecule has 18 heavy (non-hydrogen) atoms. The Balaban J connectivity index is 2.16. The molecule has 2 heterocycles. The van der Waals surface area contributed by atoms with E-state index >= 15 is 0 Å². The Labute approximate surface area is 108 Å². The number of para-hydroxylation sites is 1. The lowest BCUT2D eigenvalue weighted by Crippen LogP contribution is -1.94. The van der Waals surface area contributed by atoms with Crippen LogP contribution < -0.4 is 5.73 Å². The summed E-state index contributed by atoms with van der Waals surface area (Å²) in [5, 5.41) is 9.76. The minimum atomic E-state index is 0.654. The highest BCUT2D eigenvalue weighted by atomic mass is 32.2. The molecule has 0 bridgehead atoms. The van der Waals surface area contributed by atoms with Gasteiger partial charge in [-0.1, -0.05) is 18.2 Å². The third-order valence-electron chi connectivity index (χ3n) is 2.62. The average Bonchev–Trinajstić information content (AvgIpc) is 2.79. The quantitative estimate of drug-likeness (QED) is 0.761. The van der Waals surface area contributed by atoms with Crippen LogP contribution in [0.5, 0.6) is 0 Å². The second-order valence-corrected chi connectivity index (χ2v) is 4.86. The highest BCUT2D eigenvalue weighted by Gasteiger charge is 2.11. The molecule has 3 rings (SSSR count). The van der Waals surface area contributed by atoms with E-state index in [-0.39, 0.29) is 0 Å². The molecular weight excluding hydrogens is 246 g/mol.